The molecule has 23 heavy (non-hydrogen) atoms. The molecule has 0 bridgehead atoms. The predicted octanol–water partition coefficient (Wildman–Crippen LogP) is 3.42. The van der Waals surface area contributed by atoms with Crippen LogP contribution in [-0.2, 0) is 16.0 Å². The maximum absolute atomic E-state index is 12.7. The number of carbonyl (C=O) groups excluding carboxylic acids is 2. The Kier molecular flexibility index (Phi) is 4.69. The quantitative estimate of drug-likeness (QED) is 0.818. The van der Waals surface area contributed by atoms with E-state index in [4.69, 9.17) is 0 Å². The molecule has 0 unspecified atom stereocenters. The van der Waals surface area contributed by atoms with Gasteiger partial charge in [-0.2, -0.15) is 0 Å². The normalized spacial score (nSPS) is 19.9. The fraction of sp³-hybridized carbons (Fsp3) is 0.579. The molecule has 2 saturated carbocycles. The third-order valence-corrected chi connectivity index (χ3v) is 5.21. The molecule has 1 aromatic rings. The lowest BCUT2D eigenvalue weighted by Crippen LogP contribution is -2.45. The first kappa shape index (κ1) is 16.0. The van der Waals surface area contributed by atoms with Crippen LogP contribution in [0.25, 0.3) is 0 Å². The number of nitrogens with one attached hydrogen (secondary N) is 2. The molecule has 3 rings (SSSR count). The molecule has 0 radical (unpaired) electrons. The number of aryl methyl sites for hydroxylation is 1. The Balaban J connectivity index is 1.65. The van der Waals surface area contributed by atoms with E-state index in [1.807, 2.05) is 24.3 Å². The van der Waals surface area contributed by atoms with Crippen LogP contribution < -0.4 is 10.6 Å². The lowest BCUT2D eigenvalue weighted by molar-refractivity contribution is -0.135. The van der Waals surface area contributed by atoms with Crippen molar-refractivity contribution in [3.05, 3.63) is 29.8 Å². The van der Waals surface area contributed by atoms with Gasteiger partial charge in [0, 0.05) is 11.7 Å². The summed E-state index contributed by atoms with van der Waals surface area (Å²) in [5.41, 5.74) is 1.10. The molecule has 0 aliphatic heterocycles. The van der Waals surface area contributed by atoms with Gasteiger partial charge in [0.1, 0.15) is 5.41 Å². The maximum atomic E-state index is 12.7. The van der Waals surface area contributed by atoms with E-state index in [1.165, 1.54) is 19.3 Å². The second kappa shape index (κ2) is 6.73. The van der Waals surface area contributed by atoms with E-state index in [9.17, 15) is 9.59 Å². The Morgan fingerprint density at radius 1 is 1.09 bits per heavy atom. The molecule has 2 amide bonds. The van der Waals surface area contributed by atoms with E-state index >= 15 is 0 Å². The lowest BCUT2D eigenvalue weighted by Gasteiger charge is -2.25. The van der Waals surface area contributed by atoms with Gasteiger partial charge in [0.15, 0.2) is 0 Å². The number of para-hydroxylation sites is 1. The zero-order valence-electron chi connectivity index (χ0n) is 13.9. The molecule has 0 aromatic heterocycles. The number of rotatable bonds is 5. The number of carbonyl (C=O) groups is 2. The van der Waals surface area contributed by atoms with E-state index < -0.39 is 5.41 Å². The molecule has 0 atom stereocenters. The average molecular weight is 314 g/mol. The molecule has 4 heteroatoms. The van der Waals surface area contributed by atoms with Crippen molar-refractivity contribution in [3.63, 3.8) is 0 Å². The Labute approximate surface area is 138 Å². The Hall–Kier alpha value is -1.84. The van der Waals surface area contributed by atoms with E-state index in [0.717, 1.165) is 30.5 Å². The van der Waals surface area contributed by atoms with Crippen LogP contribution in [0, 0.1) is 5.41 Å². The van der Waals surface area contributed by atoms with Gasteiger partial charge in [-0.25, -0.2) is 0 Å². The standard InChI is InChI=1S/C19H26N2O2/c1-2-14-8-6-7-11-16(14)21-18(23)19(12-13-19)17(22)20-15-9-4-3-5-10-15/h6-8,11,15H,2-5,9-10,12-13H2,1H3,(H,20,22)(H,21,23). The second-order valence-electron chi connectivity index (χ2n) is 6.86. The SMILES string of the molecule is CCc1ccccc1NC(=O)C1(C(=O)NC2CCCCC2)CC1. The van der Waals surface area contributed by atoms with Gasteiger partial charge in [0.25, 0.3) is 0 Å². The zero-order valence-corrected chi connectivity index (χ0v) is 13.9. The lowest BCUT2D eigenvalue weighted by atomic mass is 9.94. The topological polar surface area (TPSA) is 58.2 Å². The summed E-state index contributed by atoms with van der Waals surface area (Å²) in [7, 11) is 0. The first-order valence-corrected chi connectivity index (χ1v) is 8.86. The van der Waals surface area contributed by atoms with Crippen molar-refractivity contribution in [2.45, 2.75) is 64.3 Å². The summed E-state index contributed by atoms with van der Waals surface area (Å²) in [6, 6.07) is 8.06. The summed E-state index contributed by atoms with van der Waals surface area (Å²) in [5, 5.41) is 6.10. The van der Waals surface area contributed by atoms with Crippen LogP contribution in [-0.4, -0.2) is 17.9 Å². The van der Waals surface area contributed by atoms with Crippen LogP contribution in [0.2, 0.25) is 0 Å². The van der Waals surface area contributed by atoms with Gasteiger partial charge in [-0.15, -0.1) is 0 Å². The summed E-state index contributed by atoms with van der Waals surface area (Å²) in [6.07, 6.45) is 7.87. The van der Waals surface area contributed by atoms with Crippen molar-refractivity contribution >= 4 is 17.5 Å². The molecule has 2 aliphatic carbocycles. The fourth-order valence-electron chi connectivity index (χ4n) is 3.45. The van der Waals surface area contributed by atoms with Gasteiger partial charge in [-0.3, -0.25) is 9.59 Å². The van der Waals surface area contributed by atoms with Crippen LogP contribution in [0.5, 0.6) is 0 Å². The number of amides is 2. The summed E-state index contributed by atoms with van der Waals surface area (Å²) in [6.45, 7) is 2.06. The zero-order chi connectivity index (χ0) is 16.3. The molecule has 124 valence electrons. The van der Waals surface area contributed by atoms with Gasteiger partial charge in [-0.1, -0.05) is 44.4 Å². The minimum Gasteiger partial charge on any atom is -0.352 e. The van der Waals surface area contributed by atoms with Crippen LogP contribution in [0.3, 0.4) is 0 Å². The highest BCUT2D eigenvalue weighted by Gasteiger charge is 2.56. The molecule has 4 nitrogen and oxygen atoms in total. The Bertz CT molecular complexity index is 587. The smallest absolute Gasteiger partial charge is 0.240 e. The number of benzene rings is 1. The highest BCUT2D eigenvalue weighted by Crippen LogP contribution is 2.47. The average Bonchev–Trinajstić information content (AvgIpc) is 3.38. The molecule has 2 aliphatic rings. The Morgan fingerprint density at radius 2 is 1.78 bits per heavy atom. The molecule has 2 N–H and O–H groups in total. The molecule has 0 heterocycles. The largest absolute Gasteiger partial charge is 0.352 e. The van der Waals surface area contributed by atoms with Crippen molar-refractivity contribution in [2.75, 3.05) is 5.32 Å². The molecule has 0 spiro atoms. The third kappa shape index (κ3) is 3.41. The Morgan fingerprint density at radius 3 is 2.43 bits per heavy atom. The fourth-order valence-corrected chi connectivity index (χ4v) is 3.45. The monoisotopic (exact) mass is 314 g/mol. The summed E-state index contributed by atoms with van der Waals surface area (Å²) in [4.78, 5) is 25.3. The van der Waals surface area contributed by atoms with E-state index in [0.29, 0.717) is 12.8 Å². The van der Waals surface area contributed by atoms with E-state index in [1.54, 1.807) is 0 Å². The van der Waals surface area contributed by atoms with Crippen LogP contribution in [0.15, 0.2) is 24.3 Å². The van der Waals surface area contributed by atoms with Gasteiger partial charge in [0.2, 0.25) is 11.8 Å². The van der Waals surface area contributed by atoms with Crippen molar-refractivity contribution in [2.24, 2.45) is 5.41 Å². The number of hydrogen-bond acceptors (Lipinski definition) is 2. The van der Waals surface area contributed by atoms with Crippen molar-refractivity contribution in [1.82, 2.24) is 5.32 Å². The molecular formula is C19H26N2O2. The summed E-state index contributed by atoms with van der Waals surface area (Å²) in [5.74, 6) is -0.220. The minimum absolute atomic E-state index is 0.0733. The first-order valence-electron chi connectivity index (χ1n) is 8.86. The number of hydrogen-bond donors (Lipinski definition) is 2. The van der Waals surface area contributed by atoms with Gasteiger partial charge < -0.3 is 10.6 Å². The highest BCUT2D eigenvalue weighted by atomic mass is 16.2. The second-order valence-corrected chi connectivity index (χ2v) is 6.86. The van der Waals surface area contributed by atoms with Crippen molar-refractivity contribution < 1.29 is 9.59 Å². The molecular weight excluding hydrogens is 288 g/mol. The molecule has 0 saturated heterocycles. The highest BCUT2D eigenvalue weighted by molar-refractivity contribution is 6.13. The molecule has 2 fully saturated rings. The summed E-state index contributed by atoms with van der Waals surface area (Å²) < 4.78 is 0. The summed E-state index contributed by atoms with van der Waals surface area (Å²) >= 11 is 0. The van der Waals surface area contributed by atoms with Gasteiger partial charge in [-0.05, 0) is 43.7 Å². The minimum atomic E-state index is -0.835. The van der Waals surface area contributed by atoms with Gasteiger partial charge in [0.05, 0.1) is 0 Å². The van der Waals surface area contributed by atoms with E-state index in [-0.39, 0.29) is 17.9 Å². The maximum Gasteiger partial charge on any atom is 0.240 e. The van der Waals surface area contributed by atoms with Crippen molar-refractivity contribution in [1.29, 1.82) is 0 Å². The molecule has 1 aromatic carbocycles. The predicted molar refractivity (Wildman–Crippen MR) is 91.1 cm³/mol. The van der Waals surface area contributed by atoms with Crippen LogP contribution in [0.1, 0.15) is 57.4 Å². The number of anilines is 1. The van der Waals surface area contributed by atoms with E-state index in [2.05, 4.69) is 17.6 Å². The third-order valence-electron chi connectivity index (χ3n) is 5.21. The first-order chi connectivity index (χ1) is 11.2. The van der Waals surface area contributed by atoms with Crippen LogP contribution >= 0.6 is 0 Å². The van der Waals surface area contributed by atoms with Crippen LogP contribution in [0.4, 0.5) is 5.69 Å². The van der Waals surface area contributed by atoms with Gasteiger partial charge >= 0.3 is 0 Å². The van der Waals surface area contributed by atoms with Crippen molar-refractivity contribution in [3.8, 4) is 0 Å².